The highest BCUT2D eigenvalue weighted by molar-refractivity contribution is 5.98. The molecule has 180 valence electrons. The summed E-state index contributed by atoms with van der Waals surface area (Å²) in [6.45, 7) is 2.15. The molecule has 0 amide bonds. The molecular weight excluding hydrogens is 451 g/mol. The summed E-state index contributed by atoms with van der Waals surface area (Å²) in [5.41, 5.74) is 6.73. The van der Waals surface area contributed by atoms with Crippen molar-refractivity contribution < 1.29 is 4.39 Å². The van der Waals surface area contributed by atoms with Gasteiger partial charge in [0.25, 0.3) is 0 Å². The summed E-state index contributed by atoms with van der Waals surface area (Å²) in [5, 5.41) is 7.89. The molecule has 2 aromatic carbocycles. The van der Waals surface area contributed by atoms with Crippen LogP contribution in [0.25, 0.3) is 33.3 Å². The number of hydrogen-bond acceptors (Lipinski definition) is 5. The number of fused-ring (bicyclic) bond motifs is 1. The van der Waals surface area contributed by atoms with Crippen LogP contribution in [0.2, 0.25) is 0 Å². The van der Waals surface area contributed by atoms with E-state index in [-0.39, 0.29) is 0 Å². The summed E-state index contributed by atoms with van der Waals surface area (Å²) in [7, 11) is 2.02. The molecule has 1 fully saturated rings. The third-order valence-electron chi connectivity index (χ3n) is 6.96. The first kappa shape index (κ1) is 22.4. The Labute approximate surface area is 209 Å². The number of aromatic nitrogens is 4. The third-order valence-corrected chi connectivity index (χ3v) is 6.96. The molecule has 36 heavy (non-hydrogen) atoms. The normalized spacial score (nSPS) is 14.3. The lowest BCUT2D eigenvalue weighted by Crippen LogP contribution is -2.26. The van der Waals surface area contributed by atoms with Crippen molar-refractivity contribution in [2.45, 2.75) is 18.8 Å². The van der Waals surface area contributed by atoms with Crippen LogP contribution in [0, 0.1) is 5.95 Å². The zero-order valence-electron chi connectivity index (χ0n) is 20.1. The second-order valence-corrected chi connectivity index (χ2v) is 9.27. The maximum Gasteiger partial charge on any atom is 0.227 e. The van der Waals surface area contributed by atoms with Crippen LogP contribution in [0.15, 0.2) is 79.3 Å². The van der Waals surface area contributed by atoms with Crippen LogP contribution in [0.3, 0.4) is 0 Å². The third kappa shape index (κ3) is 4.33. The fourth-order valence-electron chi connectivity index (χ4n) is 5.05. The molecule has 1 aliphatic rings. The number of rotatable bonds is 5. The van der Waals surface area contributed by atoms with E-state index in [2.05, 4.69) is 67.8 Å². The zero-order chi connectivity index (χ0) is 24.5. The molecule has 0 unspecified atom stereocenters. The van der Waals surface area contributed by atoms with Crippen molar-refractivity contribution in [1.82, 2.24) is 24.8 Å². The zero-order valence-corrected chi connectivity index (χ0v) is 20.1. The monoisotopic (exact) mass is 478 g/mol. The molecule has 3 aromatic heterocycles. The van der Waals surface area contributed by atoms with Gasteiger partial charge in [-0.05, 0) is 67.7 Å². The summed E-state index contributed by atoms with van der Waals surface area (Å²) in [4.78, 5) is 13.4. The summed E-state index contributed by atoms with van der Waals surface area (Å²) < 4.78 is 15.6. The molecule has 6 nitrogen and oxygen atoms in total. The first-order valence-electron chi connectivity index (χ1n) is 12.3. The number of anilines is 2. The number of nitrogens with zero attached hydrogens (tertiary/aromatic N) is 4. The van der Waals surface area contributed by atoms with Crippen molar-refractivity contribution in [2.24, 2.45) is 7.05 Å². The van der Waals surface area contributed by atoms with Gasteiger partial charge >= 0.3 is 0 Å². The lowest BCUT2D eigenvalue weighted by Gasteiger charge is -2.23. The molecule has 5 aromatic rings. The Kier molecular flexibility index (Phi) is 5.91. The minimum atomic E-state index is -0.516. The highest BCUT2D eigenvalue weighted by Gasteiger charge is 2.18. The Hall–Kier alpha value is -4.10. The van der Waals surface area contributed by atoms with Crippen molar-refractivity contribution in [3.05, 3.63) is 90.8 Å². The van der Waals surface area contributed by atoms with E-state index < -0.39 is 5.95 Å². The largest absolute Gasteiger partial charge is 0.350 e. The number of piperidine rings is 1. The van der Waals surface area contributed by atoms with E-state index in [1.54, 1.807) is 12.3 Å². The maximum atomic E-state index is 13.5. The average Bonchev–Trinajstić information content (AvgIpc) is 3.26. The lowest BCUT2D eigenvalue weighted by molar-refractivity contribution is 0.460. The Bertz CT molecular complexity index is 1500. The highest BCUT2D eigenvalue weighted by Crippen LogP contribution is 2.36. The van der Waals surface area contributed by atoms with Crippen LogP contribution in [-0.4, -0.2) is 32.6 Å². The van der Waals surface area contributed by atoms with Gasteiger partial charge in [0.15, 0.2) is 0 Å². The van der Waals surface area contributed by atoms with E-state index in [1.807, 2.05) is 19.2 Å². The topological polar surface area (TPSA) is 67.7 Å². The van der Waals surface area contributed by atoms with Gasteiger partial charge in [-0.3, -0.25) is 0 Å². The lowest BCUT2D eigenvalue weighted by atomic mass is 9.90. The highest BCUT2D eigenvalue weighted by atomic mass is 19.1. The molecule has 0 radical (unpaired) electrons. The number of halogens is 1. The first-order valence-corrected chi connectivity index (χ1v) is 12.3. The second kappa shape index (κ2) is 9.51. The number of para-hydroxylation sites is 1. The van der Waals surface area contributed by atoms with Crippen LogP contribution >= 0.6 is 0 Å². The number of hydrogen-bond donors (Lipinski definition) is 2. The van der Waals surface area contributed by atoms with Crippen molar-refractivity contribution in [3.63, 3.8) is 0 Å². The quantitative estimate of drug-likeness (QED) is 0.301. The molecular formula is C29H27FN6. The molecule has 1 saturated heterocycles. The molecule has 0 atom stereocenters. The minimum absolute atomic E-state index is 0.506. The van der Waals surface area contributed by atoms with E-state index in [4.69, 9.17) is 4.98 Å². The Morgan fingerprint density at radius 3 is 2.50 bits per heavy atom. The van der Waals surface area contributed by atoms with E-state index in [9.17, 15) is 4.39 Å². The molecule has 0 aliphatic carbocycles. The van der Waals surface area contributed by atoms with Gasteiger partial charge in [-0.25, -0.2) is 15.0 Å². The summed E-state index contributed by atoms with van der Waals surface area (Å²) in [5.74, 6) is 0.599. The standard InChI is InChI=1S/C29H27FN6/c1-36-18-25(23-4-2-3-5-26(23)36)28-24(21-8-11-27(30)32-16-21)17-33-29(35-28)34-22-9-6-19(7-10-22)20-12-14-31-15-13-20/h2-11,16-18,20,31H,12-15H2,1H3,(H,33,34,35). The summed E-state index contributed by atoms with van der Waals surface area (Å²) in [6, 6.07) is 19.9. The summed E-state index contributed by atoms with van der Waals surface area (Å²) in [6.07, 6.45) is 7.72. The van der Waals surface area contributed by atoms with Crippen LogP contribution in [-0.2, 0) is 7.05 Å². The summed E-state index contributed by atoms with van der Waals surface area (Å²) >= 11 is 0. The Balaban J connectivity index is 1.38. The SMILES string of the molecule is Cn1cc(-c2nc(Nc3ccc(C4CCNCC4)cc3)ncc2-c2ccc(F)nc2)c2ccccc21. The van der Waals surface area contributed by atoms with Crippen molar-refractivity contribution in [1.29, 1.82) is 0 Å². The van der Waals surface area contributed by atoms with Gasteiger partial charge < -0.3 is 15.2 Å². The van der Waals surface area contributed by atoms with Crippen LogP contribution < -0.4 is 10.6 Å². The molecule has 1 aliphatic heterocycles. The fourth-order valence-corrected chi connectivity index (χ4v) is 5.05. The number of nitrogens with one attached hydrogen (secondary N) is 2. The van der Waals surface area contributed by atoms with Gasteiger partial charge in [0.2, 0.25) is 11.9 Å². The van der Waals surface area contributed by atoms with E-state index in [0.29, 0.717) is 11.9 Å². The molecule has 7 heteroatoms. The fraction of sp³-hybridized carbons (Fsp3) is 0.207. The van der Waals surface area contributed by atoms with Crippen molar-refractivity contribution in [2.75, 3.05) is 18.4 Å². The number of pyridine rings is 1. The van der Waals surface area contributed by atoms with Gasteiger partial charge in [-0.1, -0.05) is 30.3 Å². The predicted molar refractivity (Wildman–Crippen MR) is 142 cm³/mol. The van der Waals surface area contributed by atoms with Gasteiger partial charge in [-0.15, -0.1) is 0 Å². The number of aryl methyl sites for hydroxylation is 1. The first-order chi connectivity index (χ1) is 17.7. The van der Waals surface area contributed by atoms with Gasteiger partial charge in [0, 0.05) is 58.9 Å². The van der Waals surface area contributed by atoms with Crippen molar-refractivity contribution >= 4 is 22.5 Å². The van der Waals surface area contributed by atoms with E-state index >= 15 is 0 Å². The molecule has 0 bridgehead atoms. The molecule has 6 rings (SSSR count). The van der Waals surface area contributed by atoms with Crippen molar-refractivity contribution in [3.8, 4) is 22.4 Å². The minimum Gasteiger partial charge on any atom is -0.350 e. The van der Waals surface area contributed by atoms with Gasteiger partial charge in [0.05, 0.1) is 5.69 Å². The average molecular weight is 479 g/mol. The molecule has 4 heterocycles. The van der Waals surface area contributed by atoms with Crippen LogP contribution in [0.4, 0.5) is 16.0 Å². The maximum absolute atomic E-state index is 13.5. The smallest absolute Gasteiger partial charge is 0.227 e. The molecule has 0 saturated carbocycles. The number of benzene rings is 2. The van der Waals surface area contributed by atoms with E-state index in [1.165, 1.54) is 30.7 Å². The van der Waals surface area contributed by atoms with Crippen LogP contribution in [0.5, 0.6) is 0 Å². The van der Waals surface area contributed by atoms with E-state index in [0.717, 1.165) is 52.1 Å². The molecule has 2 N–H and O–H groups in total. The predicted octanol–water partition coefficient (Wildman–Crippen LogP) is 6.05. The second-order valence-electron chi connectivity index (χ2n) is 9.27. The van der Waals surface area contributed by atoms with Gasteiger partial charge in [0.1, 0.15) is 0 Å². The Morgan fingerprint density at radius 1 is 0.917 bits per heavy atom. The molecule has 0 spiro atoms. The Morgan fingerprint density at radius 2 is 1.72 bits per heavy atom. The van der Waals surface area contributed by atoms with Gasteiger partial charge in [-0.2, -0.15) is 4.39 Å². The van der Waals surface area contributed by atoms with Crippen LogP contribution in [0.1, 0.15) is 24.3 Å².